The van der Waals surface area contributed by atoms with E-state index in [4.69, 9.17) is 16.0 Å². The number of anilines is 1. The highest BCUT2D eigenvalue weighted by atomic mass is 35.5. The zero-order valence-electron chi connectivity index (χ0n) is 15.6. The summed E-state index contributed by atoms with van der Waals surface area (Å²) in [5, 5.41) is 7.82. The number of halogens is 1. The van der Waals surface area contributed by atoms with Crippen LogP contribution in [-0.2, 0) is 13.1 Å². The van der Waals surface area contributed by atoms with Crippen LogP contribution in [0.3, 0.4) is 0 Å². The summed E-state index contributed by atoms with van der Waals surface area (Å²) in [5.74, 6) is 0.856. The molecule has 1 fully saturated rings. The minimum absolute atomic E-state index is 0.276. The van der Waals surface area contributed by atoms with Gasteiger partial charge < -0.3 is 9.73 Å². The van der Waals surface area contributed by atoms with Gasteiger partial charge in [0.1, 0.15) is 5.76 Å². The number of likely N-dealkylation sites (tertiary alicyclic amines) is 1. The molecule has 1 amide bonds. The smallest absolute Gasteiger partial charge is 0.291 e. The molecule has 1 aromatic carbocycles. The number of piperidine rings is 1. The average molecular weight is 399 g/mol. The number of furan rings is 1. The third-order valence-electron chi connectivity index (χ3n) is 4.89. The van der Waals surface area contributed by atoms with Gasteiger partial charge >= 0.3 is 0 Å². The van der Waals surface area contributed by atoms with E-state index in [1.54, 1.807) is 23.1 Å². The standard InChI is InChI=1S/C21H23ClN4O2/c22-19-7-3-2-6-16(19)13-26-14-17(12-23-26)24-21(27)20-9-8-18(28-20)15-25-10-4-1-5-11-25/h2-3,6-9,12,14H,1,4-5,10-11,13,15H2,(H,24,27). The van der Waals surface area contributed by atoms with Crippen LogP contribution in [0, 0.1) is 0 Å². The number of amides is 1. The largest absolute Gasteiger partial charge is 0.455 e. The van der Waals surface area contributed by atoms with Gasteiger partial charge in [0.2, 0.25) is 0 Å². The van der Waals surface area contributed by atoms with E-state index in [1.165, 1.54) is 19.3 Å². The Morgan fingerprint density at radius 2 is 1.93 bits per heavy atom. The lowest BCUT2D eigenvalue weighted by Crippen LogP contribution is -2.28. The van der Waals surface area contributed by atoms with Gasteiger partial charge in [-0.1, -0.05) is 36.2 Å². The number of aromatic nitrogens is 2. The maximum atomic E-state index is 12.5. The van der Waals surface area contributed by atoms with Crippen LogP contribution in [-0.4, -0.2) is 33.7 Å². The quantitative estimate of drug-likeness (QED) is 0.667. The highest BCUT2D eigenvalue weighted by molar-refractivity contribution is 6.31. The van der Waals surface area contributed by atoms with Crippen LogP contribution < -0.4 is 5.32 Å². The molecule has 7 heteroatoms. The predicted molar refractivity (Wildman–Crippen MR) is 109 cm³/mol. The van der Waals surface area contributed by atoms with E-state index in [-0.39, 0.29) is 5.91 Å². The van der Waals surface area contributed by atoms with Crippen molar-refractivity contribution < 1.29 is 9.21 Å². The summed E-state index contributed by atoms with van der Waals surface area (Å²) in [5.41, 5.74) is 1.59. The Morgan fingerprint density at radius 1 is 1.11 bits per heavy atom. The monoisotopic (exact) mass is 398 g/mol. The second kappa shape index (κ2) is 8.63. The Labute approximate surface area is 169 Å². The fraction of sp³-hybridized carbons (Fsp3) is 0.333. The first-order chi connectivity index (χ1) is 13.7. The van der Waals surface area contributed by atoms with Crippen LogP contribution in [0.5, 0.6) is 0 Å². The predicted octanol–water partition coefficient (Wildman–Crippen LogP) is 4.42. The Kier molecular flexibility index (Phi) is 5.78. The van der Waals surface area contributed by atoms with Crippen molar-refractivity contribution in [2.24, 2.45) is 0 Å². The molecule has 1 saturated heterocycles. The number of benzene rings is 1. The molecule has 0 atom stereocenters. The Morgan fingerprint density at radius 3 is 2.75 bits per heavy atom. The lowest BCUT2D eigenvalue weighted by atomic mass is 10.1. The van der Waals surface area contributed by atoms with Crippen molar-refractivity contribution in [1.29, 1.82) is 0 Å². The maximum Gasteiger partial charge on any atom is 0.291 e. The van der Waals surface area contributed by atoms with E-state index < -0.39 is 0 Å². The number of carbonyl (C=O) groups excluding carboxylic acids is 1. The molecular formula is C21H23ClN4O2. The fourth-order valence-corrected chi connectivity index (χ4v) is 3.63. The highest BCUT2D eigenvalue weighted by Gasteiger charge is 2.16. The van der Waals surface area contributed by atoms with Crippen LogP contribution in [0.2, 0.25) is 5.02 Å². The van der Waals surface area contributed by atoms with Crippen LogP contribution in [0.4, 0.5) is 5.69 Å². The number of nitrogens with zero attached hydrogens (tertiary/aromatic N) is 3. The summed E-state index contributed by atoms with van der Waals surface area (Å²) >= 11 is 6.19. The second-order valence-electron chi connectivity index (χ2n) is 7.07. The fourth-order valence-electron chi connectivity index (χ4n) is 3.43. The molecule has 28 heavy (non-hydrogen) atoms. The van der Waals surface area contributed by atoms with Gasteiger partial charge in [-0.25, -0.2) is 0 Å². The van der Waals surface area contributed by atoms with Crippen molar-refractivity contribution in [3.63, 3.8) is 0 Å². The molecule has 146 valence electrons. The van der Waals surface area contributed by atoms with Crippen LogP contribution in [0.15, 0.2) is 53.2 Å². The van der Waals surface area contributed by atoms with E-state index in [9.17, 15) is 4.79 Å². The van der Waals surface area contributed by atoms with Crippen molar-refractivity contribution in [1.82, 2.24) is 14.7 Å². The minimum atomic E-state index is -0.276. The Bertz CT molecular complexity index is 943. The van der Waals surface area contributed by atoms with E-state index in [0.717, 1.165) is 31.0 Å². The molecule has 1 aliphatic heterocycles. The lowest BCUT2D eigenvalue weighted by Gasteiger charge is -2.25. The van der Waals surface area contributed by atoms with Crippen molar-refractivity contribution in [3.8, 4) is 0 Å². The molecule has 0 spiro atoms. The van der Waals surface area contributed by atoms with Crippen LogP contribution in [0.25, 0.3) is 0 Å². The van der Waals surface area contributed by atoms with Crippen molar-refractivity contribution in [3.05, 3.63) is 70.9 Å². The normalized spacial score (nSPS) is 14.9. The van der Waals surface area contributed by atoms with Gasteiger partial charge in [-0.15, -0.1) is 0 Å². The maximum absolute atomic E-state index is 12.5. The summed E-state index contributed by atoms with van der Waals surface area (Å²) in [6, 6.07) is 11.2. The van der Waals surface area contributed by atoms with E-state index in [1.807, 2.05) is 30.3 Å². The molecule has 0 bridgehead atoms. The van der Waals surface area contributed by atoms with Crippen molar-refractivity contribution in [2.75, 3.05) is 18.4 Å². The summed E-state index contributed by atoms with van der Waals surface area (Å²) in [6.07, 6.45) is 7.15. The summed E-state index contributed by atoms with van der Waals surface area (Å²) < 4.78 is 7.48. The van der Waals surface area contributed by atoms with Gasteiger partial charge in [0.25, 0.3) is 5.91 Å². The van der Waals surface area contributed by atoms with E-state index >= 15 is 0 Å². The minimum Gasteiger partial charge on any atom is -0.455 e. The third kappa shape index (κ3) is 4.64. The number of nitrogens with one attached hydrogen (secondary N) is 1. The van der Waals surface area contributed by atoms with Crippen molar-refractivity contribution in [2.45, 2.75) is 32.4 Å². The summed E-state index contributed by atoms with van der Waals surface area (Å²) in [7, 11) is 0. The molecule has 2 aromatic heterocycles. The number of hydrogen-bond donors (Lipinski definition) is 1. The molecule has 0 unspecified atom stereocenters. The van der Waals surface area contributed by atoms with Gasteiger partial charge in [0, 0.05) is 11.2 Å². The van der Waals surface area contributed by atoms with E-state index in [0.29, 0.717) is 23.0 Å². The van der Waals surface area contributed by atoms with Crippen LogP contribution in [0.1, 0.15) is 41.1 Å². The number of carbonyl (C=O) groups is 1. The van der Waals surface area contributed by atoms with Gasteiger partial charge in [-0.05, 0) is 49.7 Å². The van der Waals surface area contributed by atoms with Gasteiger partial charge in [-0.2, -0.15) is 5.10 Å². The molecule has 6 nitrogen and oxygen atoms in total. The molecule has 1 N–H and O–H groups in total. The average Bonchev–Trinajstić information content (AvgIpc) is 3.34. The zero-order chi connectivity index (χ0) is 19.3. The molecular weight excluding hydrogens is 376 g/mol. The SMILES string of the molecule is O=C(Nc1cnn(Cc2ccccc2Cl)c1)c1ccc(CN2CCCCC2)o1. The van der Waals surface area contributed by atoms with Crippen molar-refractivity contribution >= 4 is 23.2 Å². The van der Waals surface area contributed by atoms with E-state index in [2.05, 4.69) is 15.3 Å². The first kappa shape index (κ1) is 18.8. The summed E-state index contributed by atoms with van der Waals surface area (Å²) in [6.45, 7) is 3.47. The molecule has 0 saturated carbocycles. The van der Waals surface area contributed by atoms with Gasteiger partial charge in [-0.3, -0.25) is 14.4 Å². The highest BCUT2D eigenvalue weighted by Crippen LogP contribution is 2.18. The molecule has 3 aromatic rings. The molecule has 0 aliphatic carbocycles. The van der Waals surface area contributed by atoms with Crippen LogP contribution >= 0.6 is 11.6 Å². The number of hydrogen-bond acceptors (Lipinski definition) is 4. The second-order valence-corrected chi connectivity index (χ2v) is 7.48. The molecule has 4 rings (SSSR count). The van der Waals surface area contributed by atoms with Gasteiger partial charge in [0.05, 0.1) is 25.0 Å². The zero-order valence-corrected chi connectivity index (χ0v) is 16.4. The third-order valence-corrected chi connectivity index (χ3v) is 5.26. The van der Waals surface area contributed by atoms with Gasteiger partial charge in [0.15, 0.2) is 5.76 Å². The first-order valence-electron chi connectivity index (χ1n) is 9.56. The molecule has 1 aliphatic rings. The Hall–Kier alpha value is -2.57. The number of rotatable bonds is 6. The molecule has 0 radical (unpaired) electrons. The summed E-state index contributed by atoms with van der Waals surface area (Å²) in [4.78, 5) is 14.8. The lowest BCUT2D eigenvalue weighted by molar-refractivity contribution is 0.0992. The Balaban J connectivity index is 1.35. The molecule has 3 heterocycles. The first-order valence-corrected chi connectivity index (χ1v) is 9.93. The topological polar surface area (TPSA) is 63.3 Å².